The van der Waals surface area contributed by atoms with E-state index in [1.165, 1.54) is 16.7 Å². The maximum Gasteiger partial charge on any atom is 0.159 e. The SMILES string of the molecule is CC(C)=CCCBr.CC(C)=CCCC1=CC(=O)CC1.CCOCC.COC1=CC(=O)CC1. The van der Waals surface area contributed by atoms with Crippen LogP contribution in [-0.2, 0) is 19.1 Å². The largest absolute Gasteiger partial charge is 0.501 e. The van der Waals surface area contributed by atoms with Crippen LogP contribution in [0.5, 0.6) is 0 Å². The second-order valence-electron chi connectivity index (χ2n) is 7.91. The Morgan fingerprint density at radius 2 is 1.41 bits per heavy atom. The first-order valence-electron chi connectivity index (χ1n) is 11.6. The van der Waals surface area contributed by atoms with E-state index in [1.807, 2.05) is 19.9 Å². The van der Waals surface area contributed by atoms with Gasteiger partial charge >= 0.3 is 0 Å². The molecule has 0 unspecified atom stereocenters. The second-order valence-corrected chi connectivity index (χ2v) is 8.70. The van der Waals surface area contributed by atoms with E-state index in [-0.39, 0.29) is 5.78 Å². The maximum atomic E-state index is 10.9. The third kappa shape index (κ3) is 23.2. The number of rotatable bonds is 8. The van der Waals surface area contributed by atoms with Gasteiger partial charge in [-0.3, -0.25) is 9.59 Å². The highest BCUT2D eigenvalue weighted by Crippen LogP contribution is 2.20. The van der Waals surface area contributed by atoms with Crippen molar-refractivity contribution in [2.75, 3.05) is 25.7 Å². The molecule has 0 radical (unpaired) electrons. The Hall–Kier alpha value is -1.46. The Morgan fingerprint density at radius 1 is 0.875 bits per heavy atom. The van der Waals surface area contributed by atoms with Crippen molar-refractivity contribution in [2.45, 2.75) is 86.5 Å². The summed E-state index contributed by atoms with van der Waals surface area (Å²) in [6, 6.07) is 0. The number of hydrogen-bond donors (Lipinski definition) is 0. The molecule has 0 amide bonds. The molecule has 0 aromatic heterocycles. The number of ether oxygens (including phenoxy) is 2. The fourth-order valence-electron chi connectivity index (χ4n) is 2.68. The third-order valence-electron chi connectivity index (χ3n) is 4.35. The predicted molar refractivity (Wildman–Crippen MR) is 140 cm³/mol. The molecule has 0 saturated carbocycles. The summed E-state index contributed by atoms with van der Waals surface area (Å²) in [5.74, 6) is 1.30. The first-order valence-corrected chi connectivity index (χ1v) is 12.7. The molecule has 0 aliphatic heterocycles. The van der Waals surface area contributed by atoms with Crippen molar-refractivity contribution in [3.05, 3.63) is 46.8 Å². The van der Waals surface area contributed by atoms with Gasteiger partial charge in [0.2, 0.25) is 0 Å². The molecule has 184 valence electrons. The lowest BCUT2D eigenvalue weighted by molar-refractivity contribution is -0.114. The van der Waals surface area contributed by atoms with Crippen molar-refractivity contribution in [2.24, 2.45) is 0 Å². The van der Waals surface area contributed by atoms with Crippen LogP contribution in [0, 0.1) is 0 Å². The van der Waals surface area contributed by atoms with Gasteiger partial charge in [-0.2, -0.15) is 0 Å². The molecule has 2 aliphatic rings. The lowest BCUT2D eigenvalue weighted by Crippen LogP contribution is -1.84. The summed E-state index contributed by atoms with van der Waals surface area (Å²) in [7, 11) is 1.59. The van der Waals surface area contributed by atoms with Gasteiger partial charge in [-0.15, -0.1) is 0 Å². The fourth-order valence-corrected chi connectivity index (χ4v) is 2.91. The molecule has 0 aromatic rings. The van der Waals surface area contributed by atoms with Gasteiger partial charge in [-0.1, -0.05) is 44.8 Å². The second kappa shape index (κ2) is 22.7. The molecule has 2 aliphatic carbocycles. The van der Waals surface area contributed by atoms with Crippen molar-refractivity contribution >= 4 is 27.5 Å². The van der Waals surface area contributed by atoms with Crippen LogP contribution in [0.1, 0.15) is 86.5 Å². The summed E-state index contributed by atoms with van der Waals surface area (Å²) in [6.45, 7) is 14.1. The molecule has 0 bridgehead atoms. The summed E-state index contributed by atoms with van der Waals surface area (Å²) >= 11 is 3.33. The zero-order valence-electron chi connectivity index (χ0n) is 21.4. The van der Waals surface area contributed by atoms with Crippen molar-refractivity contribution < 1.29 is 19.1 Å². The molecule has 0 aromatic carbocycles. The normalized spacial score (nSPS) is 13.9. The number of halogens is 1. The predicted octanol–water partition coefficient (Wildman–Crippen LogP) is 7.68. The quantitative estimate of drug-likeness (QED) is 0.247. The van der Waals surface area contributed by atoms with E-state index in [0.29, 0.717) is 12.2 Å². The first kappa shape index (κ1) is 32.7. The Kier molecular flexibility index (Phi) is 23.2. The van der Waals surface area contributed by atoms with Crippen molar-refractivity contribution in [3.8, 4) is 0 Å². The van der Waals surface area contributed by atoms with Gasteiger partial charge in [0, 0.05) is 43.9 Å². The number of carbonyl (C=O) groups excluding carboxylic acids is 2. The number of allylic oxidation sites excluding steroid dienone is 8. The van der Waals surface area contributed by atoms with E-state index in [0.717, 1.165) is 62.8 Å². The molecular weight excluding hydrogens is 468 g/mol. The van der Waals surface area contributed by atoms with Crippen molar-refractivity contribution in [1.29, 1.82) is 0 Å². The molecule has 0 atom stereocenters. The van der Waals surface area contributed by atoms with Crippen molar-refractivity contribution in [1.82, 2.24) is 0 Å². The molecule has 2 rings (SSSR count). The minimum absolute atomic E-state index is 0.182. The van der Waals surface area contributed by atoms with Gasteiger partial charge in [0.1, 0.15) is 0 Å². The van der Waals surface area contributed by atoms with Gasteiger partial charge in [-0.25, -0.2) is 0 Å². The number of carbonyl (C=O) groups is 2. The number of methoxy groups -OCH3 is 1. The monoisotopic (exact) mass is 512 g/mol. The van der Waals surface area contributed by atoms with E-state index >= 15 is 0 Å². The topological polar surface area (TPSA) is 52.6 Å². The van der Waals surface area contributed by atoms with Gasteiger partial charge < -0.3 is 9.47 Å². The zero-order valence-corrected chi connectivity index (χ0v) is 23.0. The number of ketones is 2. The lowest BCUT2D eigenvalue weighted by Gasteiger charge is -1.96. The summed E-state index contributed by atoms with van der Waals surface area (Å²) in [5, 5.41) is 1.08. The summed E-state index contributed by atoms with van der Waals surface area (Å²) < 4.78 is 9.66. The van der Waals surface area contributed by atoms with Crippen molar-refractivity contribution in [3.63, 3.8) is 0 Å². The van der Waals surface area contributed by atoms with Gasteiger partial charge in [0.15, 0.2) is 11.6 Å². The van der Waals surface area contributed by atoms with Crippen LogP contribution in [-0.4, -0.2) is 37.2 Å². The minimum atomic E-state index is 0.182. The third-order valence-corrected chi connectivity index (χ3v) is 4.81. The van der Waals surface area contributed by atoms with Crippen LogP contribution in [0.15, 0.2) is 46.8 Å². The highest BCUT2D eigenvalue weighted by Gasteiger charge is 2.11. The van der Waals surface area contributed by atoms with E-state index < -0.39 is 0 Å². The molecule has 0 fully saturated rings. The fraction of sp³-hybridized carbons (Fsp3) is 0.630. The maximum absolute atomic E-state index is 10.9. The Bertz CT molecular complexity index is 632. The van der Waals surface area contributed by atoms with E-state index in [2.05, 4.69) is 55.8 Å². The van der Waals surface area contributed by atoms with E-state index in [4.69, 9.17) is 9.47 Å². The summed E-state index contributed by atoms with van der Waals surface area (Å²) in [4.78, 5) is 21.3. The summed E-state index contributed by atoms with van der Waals surface area (Å²) in [5.41, 5.74) is 4.09. The molecular formula is C27H45BrO4. The average Bonchev–Trinajstić information content (AvgIpc) is 3.36. The first-order chi connectivity index (χ1) is 15.2. The van der Waals surface area contributed by atoms with E-state index in [1.54, 1.807) is 13.2 Å². The van der Waals surface area contributed by atoms with Gasteiger partial charge in [0.05, 0.1) is 12.9 Å². The molecule has 4 nitrogen and oxygen atoms in total. The van der Waals surface area contributed by atoms with Crippen LogP contribution >= 0.6 is 15.9 Å². The molecule has 0 N–H and O–H groups in total. The Morgan fingerprint density at radius 3 is 1.69 bits per heavy atom. The van der Waals surface area contributed by atoms with Crippen LogP contribution in [0.25, 0.3) is 0 Å². The molecule has 5 heteroatoms. The number of hydrogen-bond acceptors (Lipinski definition) is 4. The Labute approximate surface area is 205 Å². The average molecular weight is 514 g/mol. The van der Waals surface area contributed by atoms with Gasteiger partial charge in [0.25, 0.3) is 0 Å². The van der Waals surface area contributed by atoms with Gasteiger partial charge in [-0.05, 0) is 73.3 Å². The molecule has 0 heterocycles. The van der Waals surface area contributed by atoms with E-state index in [9.17, 15) is 9.59 Å². The van der Waals surface area contributed by atoms with Crippen LogP contribution in [0.4, 0.5) is 0 Å². The standard InChI is InChI=1S/C11H16O.C6H11Br.C6H8O2.C4H10O/c1-9(2)4-3-5-10-6-7-11(12)8-10;1-6(2)4-3-5-7;1-8-6-3-2-5(7)4-6;1-3-5-4-2/h4,8H,3,5-7H2,1-2H3;4H,3,5H2,1-2H3;4H,2-3H2,1H3;3-4H2,1-2H3. The van der Waals surface area contributed by atoms with Crippen LogP contribution in [0.3, 0.4) is 0 Å². The van der Waals surface area contributed by atoms with Crippen LogP contribution < -0.4 is 0 Å². The van der Waals surface area contributed by atoms with Crippen LogP contribution in [0.2, 0.25) is 0 Å². The zero-order chi connectivity index (χ0) is 24.8. The molecule has 32 heavy (non-hydrogen) atoms. The highest BCUT2D eigenvalue weighted by atomic mass is 79.9. The highest BCUT2D eigenvalue weighted by molar-refractivity contribution is 9.09. The number of alkyl halides is 1. The minimum Gasteiger partial charge on any atom is -0.501 e. The molecule has 0 saturated heterocycles. The molecule has 0 spiro atoms. The summed E-state index contributed by atoms with van der Waals surface area (Å²) in [6.07, 6.45) is 14.3. The smallest absolute Gasteiger partial charge is 0.159 e. The lowest BCUT2D eigenvalue weighted by atomic mass is 10.1. The Balaban J connectivity index is 0.